The molecule has 0 aliphatic rings. The molecule has 1 aromatic heterocycles. The molecule has 0 bridgehead atoms. The van der Waals surface area contributed by atoms with E-state index in [4.69, 9.17) is 10.2 Å². The van der Waals surface area contributed by atoms with Crippen molar-refractivity contribution in [2.24, 2.45) is 0 Å². The number of carbonyl (C=O) groups is 3. The number of aliphatic carboxylic acids is 2. The Morgan fingerprint density at radius 3 is 2.53 bits per heavy atom. The highest BCUT2D eigenvalue weighted by molar-refractivity contribution is 7.07. The lowest BCUT2D eigenvalue weighted by Gasteiger charge is -2.12. The summed E-state index contributed by atoms with van der Waals surface area (Å²) in [6.45, 7) is 0.00395. The van der Waals surface area contributed by atoms with Gasteiger partial charge in [0.2, 0.25) is 0 Å². The standard InChI is InChI=1S/C9H11N3O6S/c13-6(14)1-5(7(15)16)12-8(17)10-2-4-3-19-9(18)11-4/h3,5H,1-2H2,(H,11,18)(H,13,14)(H,15,16)(H2,10,12,17)/t5-/m1/s1. The Hall–Kier alpha value is -2.36. The van der Waals surface area contributed by atoms with Crippen LogP contribution in [0, 0.1) is 0 Å². The van der Waals surface area contributed by atoms with E-state index in [0.717, 1.165) is 11.3 Å². The van der Waals surface area contributed by atoms with Gasteiger partial charge in [-0.25, -0.2) is 9.59 Å². The molecule has 0 aliphatic carbocycles. The average molecular weight is 289 g/mol. The third kappa shape index (κ3) is 5.21. The molecule has 19 heavy (non-hydrogen) atoms. The molecule has 1 rings (SSSR count). The fourth-order valence-electron chi connectivity index (χ4n) is 1.16. The maximum absolute atomic E-state index is 11.4. The van der Waals surface area contributed by atoms with Crippen molar-refractivity contribution in [2.45, 2.75) is 19.0 Å². The Bertz CT molecular complexity index is 536. The summed E-state index contributed by atoms with van der Waals surface area (Å²) in [7, 11) is 0. The predicted octanol–water partition coefficient (Wildman–Crippen LogP) is -0.836. The molecule has 10 heteroatoms. The van der Waals surface area contributed by atoms with Gasteiger partial charge in [0.15, 0.2) is 0 Å². The number of H-pyrrole nitrogens is 1. The van der Waals surface area contributed by atoms with Crippen LogP contribution in [0.2, 0.25) is 0 Å². The molecule has 0 aliphatic heterocycles. The lowest BCUT2D eigenvalue weighted by atomic mass is 10.2. The fraction of sp³-hybridized carbons (Fsp3) is 0.333. The molecule has 104 valence electrons. The average Bonchev–Trinajstić information content (AvgIpc) is 2.71. The summed E-state index contributed by atoms with van der Waals surface area (Å²) in [6, 6.07) is -2.35. The fourth-order valence-corrected chi connectivity index (χ4v) is 1.74. The topological polar surface area (TPSA) is 149 Å². The van der Waals surface area contributed by atoms with Crippen LogP contribution in [0.3, 0.4) is 0 Å². The minimum atomic E-state index is -1.51. The zero-order valence-electron chi connectivity index (χ0n) is 9.50. The molecule has 0 saturated carbocycles. The molecule has 0 saturated heterocycles. The summed E-state index contributed by atoms with van der Waals surface area (Å²) < 4.78 is 0. The van der Waals surface area contributed by atoms with E-state index in [1.165, 1.54) is 5.38 Å². The first-order valence-corrected chi connectivity index (χ1v) is 5.92. The largest absolute Gasteiger partial charge is 0.481 e. The van der Waals surface area contributed by atoms with Gasteiger partial charge in [0, 0.05) is 11.1 Å². The van der Waals surface area contributed by atoms with Crippen LogP contribution in [0.25, 0.3) is 0 Å². The van der Waals surface area contributed by atoms with Gasteiger partial charge in [-0.15, -0.1) is 0 Å². The first-order chi connectivity index (χ1) is 8.88. The SMILES string of the molecule is O=C(O)C[C@@H](NC(=O)NCc1csc(=O)[nH]1)C(=O)O. The first kappa shape index (κ1) is 14.7. The number of nitrogens with one attached hydrogen (secondary N) is 3. The lowest BCUT2D eigenvalue weighted by Crippen LogP contribution is -2.46. The van der Waals surface area contributed by atoms with Crippen LogP contribution >= 0.6 is 11.3 Å². The van der Waals surface area contributed by atoms with Gasteiger partial charge in [0.05, 0.1) is 13.0 Å². The number of hydrogen-bond acceptors (Lipinski definition) is 5. The lowest BCUT2D eigenvalue weighted by molar-refractivity contribution is -0.145. The van der Waals surface area contributed by atoms with Crippen molar-refractivity contribution in [3.05, 3.63) is 20.7 Å². The third-order valence-electron chi connectivity index (χ3n) is 1.99. The second kappa shape index (κ2) is 6.54. The molecule has 0 fully saturated rings. The minimum absolute atomic E-state index is 0.00395. The Morgan fingerprint density at radius 1 is 1.37 bits per heavy atom. The Morgan fingerprint density at radius 2 is 2.05 bits per heavy atom. The summed E-state index contributed by atoms with van der Waals surface area (Å²) in [5.41, 5.74) is 0.468. The number of thiazole rings is 1. The highest BCUT2D eigenvalue weighted by atomic mass is 32.1. The summed E-state index contributed by atoms with van der Waals surface area (Å²) in [6.07, 6.45) is -0.724. The molecule has 0 aromatic carbocycles. The van der Waals surface area contributed by atoms with E-state index in [-0.39, 0.29) is 11.4 Å². The number of hydrogen-bond donors (Lipinski definition) is 5. The van der Waals surface area contributed by atoms with E-state index in [2.05, 4.69) is 10.3 Å². The van der Waals surface area contributed by atoms with Gasteiger partial charge < -0.3 is 25.8 Å². The maximum Gasteiger partial charge on any atom is 0.326 e. The minimum Gasteiger partial charge on any atom is -0.481 e. The van der Waals surface area contributed by atoms with Crippen molar-refractivity contribution in [2.75, 3.05) is 0 Å². The smallest absolute Gasteiger partial charge is 0.326 e. The van der Waals surface area contributed by atoms with E-state index in [9.17, 15) is 19.2 Å². The van der Waals surface area contributed by atoms with Gasteiger partial charge in [-0.3, -0.25) is 9.59 Å². The van der Waals surface area contributed by atoms with Crippen molar-refractivity contribution in [1.82, 2.24) is 15.6 Å². The van der Waals surface area contributed by atoms with Crippen LogP contribution < -0.4 is 15.5 Å². The van der Waals surface area contributed by atoms with Gasteiger partial charge in [-0.05, 0) is 0 Å². The van der Waals surface area contributed by atoms with Crippen LogP contribution in [0.1, 0.15) is 12.1 Å². The van der Waals surface area contributed by atoms with E-state index >= 15 is 0 Å². The van der Waals surface area contributed by atoms with E-state index in [1.54, 1.807) is 0 Å². The van der Waals surface area contributed by atoms with Crippen LogP contribution in [0.5, 0.6) is 0 Å². The van der Waals surface area contributed by atoms with Gasteiger partial charge in [0.1, 0.15) is 6.04 Å². The van der Waals surface area contributed by atoms with Crippen LogP contribution in [0.4, 0.5) is 4.79 Å². The maximum atomic E-state index is 11.4. The normalized spacial score (nSPS) is 11.6. The molecular weight excluding hydrogens is 278 g/mol. The summed E-state index contributed by atoms with van der Waals surface area (Å²) in [5.74, 6) is -2.78. The van der Waals surface area contributed by atoms with Gasteiger partial charge in [0.25, 0.3) is 0 Å². The highest BCUT2D eigenvalue weighted by Crippen LogP contribution is 1.96. The van der Waals surface area contributed by atoms with Crippen LogP contribution in [-0.4, -0.2) is 39.2 Å². The van der Waals surface area contributed by atoms with Crippen molar-refractivity contribution in [3.8, 4) is 0 Å². The number of carboxylic acids is 2. The number of rotatable bonds is 6. The van der Waals surface area contributed by atoms with Gasteiger partial charge >= 0.3 is 22.8 Å². The molecular formula is C9H11N3O6S. The Labute approximate surface area is 110 Å². The van der Waals surface area contributed by atoms with Crippen LogP contribution in [-0.2, 0) is 16.1 Å². The van der Waals surface area contributed by atoms with Crippen molar-refractivity contribution < 1.29 is 24.6 Å². The van der Waals surface area contributed by atoms with E-state index in [0.29, 0.717) is 5.69 Å². The van der Waals surface area contributed by atoms with E-state index in [1.807, 2.05) is 5.32 Å². The Kier molecular flexibility index (Phi) is 5.06. The Balaban J connectivity index is 2.46. The number of amides is 2. The quantitative estimate of drug-likeness (QED) is 0.461. The molecule has 9 nitrogen and oxygen atoms in total. The molecule has 0 spiro atoms. The summed E-state index contributed by atoms with van der Waals surface area (Å²) in [4.78, 5) is 45.4. The zero-order chi connectivity index (χ0) is 14.4. The summed E-state index contributed by atoms with van der Waals surface area (Å²) >= 11 is 0.929. The molecule has 0 unspecified atom stereocenters. The number of aromatic nitrogens is 1. The molecule has 2 amide bonds. The van der Waals surface area contributed by atoms with Crippen molar-refractivity contribution >= 4 is 29.3 Å². The first-order valence-electron chi connectivity index (χ1n) is 5.04. The monoisotopic (exact) mass is 289 g/mol. The van der Waals surface area contributed by atoms with Gasteiger partial charge in [-0.2, -0.15) is 0 Å². The second-order valence-electron chi connectivity index (χ2n) is 3.49. The predicted molar refractivity (Wildman–Crippen MR) is 64.0 cm³/mol. The summed E-state index contributed by atoms with van der Waals surface area (Å²) in [5, 5.41) is 23.0. The third-order valence-corrected chi connectivity index (χ3v) is 2.71. The molecule has 1 atom stereocenters. The molecule has 1 aromatic rings. The molecule has 0 radical (unpaired) electrons. The van der Waals surface area contributed by atoms with E-state index < -0.39 is 30.4 Å². The highest BCUT2D eigenvalue weighted by Gasteiger charge is 2.22. The second-order valence-corrected chi connectivity index (χ2v) is 4.33. The number of urea groups is 1. The molecule has 1 heterocycles. The molecule has 5 N–H and O–H groups in total. The zero-order valence-corrected chi connectivity index (χ0v) is 10.3. The van der Waals surface area contributed by atoms with Gasteiger partial charge in [-0.1, -0.05) is 11.3 Å². The van der Waals surface area contributed by atoms with Crippen molar-refractivity contribution in [3.63, 3.8) is 0 Å². The van der Waals surface area contributed by atoms with Crippen LogP contribution in [0.15, 0.2) is 10.2 Å². The van der Waals surface area contributed by atoms with Crippen molar-refractivity contribution in [1.29, 1.82) is 0 Å². The number of carboxylic acid groups (broad SMARTS) is 2. The number of aromatic amines is 1. The number of carbonyl (C=O) groups excluding carboxylic acids is 1.